The van der Waals surface area contributed by atoms with Crippen LogP contribution in [-0.4, -0.2) is 59.0 Å². The van der Waals surface area contributed by atoms with Crippen molar-refractivity contribution in [1.29, 1.82) is 0 Å². The van der Waals surface area contributed by atoms with E-state index in [0.717, 1.165) is 0 Å². The highest BCUT2D eigenvalue weighted by molar-refractivity contribution is 6.00. The van der Waals surface area contributed by atoms with Crippen LogP contribution in [0.5, 0.6) is 0 Å². The average Bonchev–Trinajstić information content (AvgIpc) is 2.91. The monoisotopic (exact) mass is 394 g/mol. The van der Waals surface area contributed by atoms with Crippen LogP contribution in [0.25, 0.3) is 0 Å². The lowest BCUT2D eigenvalue weighted by molar-refractivity contribution is -0.164. The van der Waals surface area contributed by atoms with Crippen LogP contribution >= 0.6 is 0 Å². The molecule has 10 nitrogen and oxygen atoms in total. The minimum Gasteiger partial charge on any atom is -0.477 e. The molecule has 1 aliphatic carbocycles. The summed E-state index contributed by atoms with van der Waals surface area (Å²) in [5, 5.41) is 9.67. The molecular formula is C18H22N2O8. The van der Waals surface area contributed by atoms with Gasteiger partial charge in [-0.15, -0.1) is 0 Å². The van der Waals surface area contributed by atoms with Crippen molar-refractivity contribution < 1.29 is 38.5 Å². The van der Waals surface area contributed by atoms with Crippen LogP contribution in [0.15, 0.2) is 23.9 Å². The summed E-state index contributed by atoms with van der Waals surface area (Å²) in [5.74, 6) is -2.73. The molecule has 2 fully saturated rings. The van der Waals surface area contributed by atoms with E-state index in [1.807, 2.05) is 0 Å². The Kier molecular flexibility index (Phi) is 5.30. The number of nitrogens with zero attached hydrogens (tertiary/aromatic N) is 1. The predicted molar refractivity (Wildman–Crippen MR) is 92.7 cm³/mol. The van der Waals surface area contributed by atoms with E-state index in [4.69, 9.17) is 19.9 Å². The number of aliphatic carboxylic acids is 1. The number of primary amides is 1. The smallest absolute Gasteiger partial charge is 0.477 e. The Labute approximate surface area is 160 Å². The molecule has 0 spiro atoms. The molecule has 0 aromatic rings. The van der Waals surface area contributed by atoms with Gasteiger partial charge in [-0.2, -0.15) is 0 Å². The molecule has 0 unspecified atom stereocenters. The van der Waals surface area contributed by atoms with Crippen LogP contribution in [-0.2, 0) is 23.8 Å². The van der Waals surface area contributed by atoms with E-state index >= 15 is 0 Å². The first kappa shape index (κ1) is 19.7. The molecule has 152 valence electrons. The van der Waals surface area contributed by atoms with Crippen LogP contribution in [0.2, 0.25) is 0 Å². The number of carbonyl (C=O) groups is 4. The average molecular weight is 394 g/mol. The lowest BCUT2D eigenvalue weighted by atomic mass is 9.71. The first-order valence-corrected chi connectivity index (χ1v) is 8.98. The van der Waals surface area contributed by atoms with Gasteiger partial charge in [-0.05, 0) is 26.2 Å². The number of hydrogen-bond donors (Lipinski definition) is 2. The Morgan fingerprint density at radius 3 is 2.71 bits per heavy atom. The largest absolute Gasteiger partial charge is 0.508 e. The van der Waals surface area contributed by atoms with Crippen molar-refractivity contribution >= 4 is 24.1 Å². The van der Waals surface area contributed by atoms with Gasteiger partial charge in [0.2, 0.25) is 5.91 Å². The maximum atomic E-state index is 12.7. The number of rotatable bonds is 6. The summed E-state index contributed by atoms with van der Waals surface area (Å²) in [4.78, 5) is 48.7. The second kappa shape index (κ2) is 7.53. The Morgan fingerprint density at radius 1 is 1.39 bits per heavy atom. The van der Waals surface area contributed by atoms with E-state index in [1.54, 1.807) is 6.92 Å². The highest BCUT2D eigenvalue weighted by Gasteiger charge is 2.63. The maximum Gasteiger partial charge on any atom is 0.508 e. The van der Waals surface area contributed by atoms with Crippen molar-refractivity contribution in [3.05, 3.63) is 23.9 Å². The topological polar surface area (TPSA) is 145 Å². The number of fused-ring (bicyclic) bond motifs is 3. The molecule has 10 heteroatoms. The van der Waals surface area contributed by atoms with Crippen LogP contribution in [0.3, 0.4) is 0 Å². The molecule has 0 radical (unpaired) electrons. The summed E-state index contributed by atoms with van der Waals surface area (Å²) in [6.45, 7) is 4.97. The number of ether oxygens (including phenoxy) is 3. The lowest BCUT2D eigenvalue weighted by Crippen LogP contribution is -2.64. The third-order valence-electron chi connectivity index (χ3n) is 5.41. The fraction of sp³-hybridized carbons (Fsp3) is 0.556. The molecular weight excluding hydrogens is 372 g/mol. The molecule has 2 heterocycles. The molecule has 3 rings (SSSR count). The van der Waals surface area contributed by atoms with E-state index in [0.29, 0.717) is 24.8 Å². The van der Waals surface area contributed by atoms with E-state index in [-0.39, 0.29) is 18.2 Å². The number of amides is 2. The van der Waals surface area contributed by atoms with Gasteiger partial charge in [0.25, 0.3) is 0 Å². The molecule has 3 N–H and O–H groups in total. The van der Waals surface area contributed by atoms with Gasteiger partial charge in [-0.1, -0.05) is 12.7 Å². The van der Waals surface area contributed by atoms with Gasteiger partial charge in [-0.25, -0.2) is 14.4 Å². The number of hydrogen-bond acceptors (Lipinski definition) is 7. The van der Waals surface area contributed by atoms with Crippen molar-refractivity contribution in [2.24, 2.45) is 17.6 Å². The van der Waals surface area contributed by atoms with E-state index in [9.17, 15) is 24.3 Å². The van der Waals surface area contributed by atoms with Crippen molar-refractivity contribution in [2.45, 2.75) is 44.4 Å². The Balaban J connectivity index is 1.84. The summed E-state index contributed by atoms with van der Waals surface area (Å²) in [6.07, 6.45) is -0.388. The van der Waals surface area contributed by atoms with Crippen LogP contribution in [0.4, 0.5) is 9.59 Å². The first-order valence-electron chi connectivity index (χ1n) is 8.98. The van der Waals surface area contributed by atoms with Gasteiger partial charge in [0, 0.05) is 11.5 Å². The highest BCUT2D eigenvalue weighted by atomic mass is 16.7. The Hall–Kier alpha value is -3.04. The Bertz CT molecular complexity index is 761. The molecule has 2 amide bonds. The first-order chi connectivity index (χ1) is 13.3. The second-order valence-corrected chi connectivity index (χ2v) is 6.97. The fourth-order valence-corrected chi connectivity index (χ4v) is 4.47. The van der Waals surface area contributed by atoms with Crippen molar-refractivity contribution in [3.8, 4) is 0 Å². The normalized spacial score (nSPS) is 29.2. The van der Waals surface area contributed by atoms with Gasteiger partial charge >= 0.3 is 18.2 Å². The van der Waals surface area contributed by atoms with Gasteiger partial charge in [0.05, 0.1) is 12.0 Å². The van der Waals surface area contributed by atoms with Crippen molar-refractivity contribution in [2.75, 3.05) is 6.61 Å². The molecule has 1 saturated carbocycles. The lowest BCUT2D eigenvalue weighted by Gasteiger charge is -2.48. The molecule has 1 saturated heterocycles. The zero-order valence-corrected chi connectivity index (χ0v) is 15.3. The standard InChI is InChI=1S/C18H22N2O8/c1-3-7-26-18(25)27-8(2)11-13-9-5-4-6-10(28-17(19)24)12(9)14(16(22)23)20(13)15(11)21/h3,8-11,13H,1,4-7H2,2H3,(H2,19,24)(H,22,23)/t8-,9-,10-,11-,13-/m1/s1. The van der Waals surface area contributed by atoms with E-state index < -0.39 is 48.3 Å². The minimum atomic E-state index is -1.27. The zero-order chi connectivity index (χ0) is 20.6. The number of β-lactam (4-membered cyclic amide) rings is 1. The molecule has 0 aromatic carbocycles. The Morgan fingerprint density at radius 2 is 2.11 bits per heavy atom. The molecule has 0 bridgehead atoms. The minimum absolute atomic E-state index is 0.0245. The summed E-state index contributed by atoms with van der Waals surface area (Å²) < 4.78 is 15.1. The maximum absolute atomic E-state index is 12.7. The third kappa shape index (κ3) is 3.19. The van der Waals surface area contributed by atoms with E-state index in [2.05, 4.69) is 6.58 Å². The molecule has 28 heavy (non-hydrogen) atoms. The third-order valence-corrected chi connectivity index (χ3v) is 5.41. The summed E-state index contributed by atoms with van der Waals surface area (Å²) in [7, 11) is 0. The number of carbonyl (C=O) groups excluding carboxylic acids is 3. The fourth-order valence-electron chi connectivity index (χ4n) is 4.47. The molecule has 2 aliphatic heterocycles. The van der Waals surface area contributed by atoms with Crippen LogP contribution in [0.1, 0.15) is 26.2 Å². The summed E-state index contributed by atoms with van der Waals surface area (Å²) in [6, 6.07) is -0.477. The number of carboxylic acid groups (broad SMARTS) is 1. The zero-order valence-electron chi connectivity index (χ0n) is 15.3. The van der Waals surface area contributed by atoms with Gasteiger partial charge in [-0.3, -0.25) is 4.79 Å². The van der Waals surface area contributed by atoms with Crippen LogP contribution < -0.4 is 5.73 Å². The van der Waals surface area contributed by atoms with Crippen molar-refractivity contribution in [1.82, 2.24) is 4.90 Å². The number of carboxylic acids is 1. The van der Waals surface area contributed by atoms with Crippen molar-refractivity contribution in [3.63, 3.8) is 0 Å². The number of nitrogens with two attached hydrogens (primary N) is 1. The molecule has 3 aliphatic rings. The quantitative estimate of drug-likeness (QED) is 0.388. The summed E-state index contributed by atoms with van der Waals surface area (Å²) in [5.41, 5.74) is 5.36. The molecule has 0 aromatic heterocycles. The van der Waals surface area contributed by atoms with Gasteiger partial charge in [0.1, 0.15) is 24.5 Å². The van der Waals surface area contributed by atoms with Gasteiger partial charge in [0.15, 0.2) is 0 Å². The predicted octanol–water partition coefficient (Wildman–Crippen LogP) is 1.16. The van der Waals surface area contributed by atoms with Gasteiger partial charge < -0.3 is 30.0 Å². The van der Waals surface area contributed by atoms with E-state index in [1.165, 1.54) is 11.0 Å². The molecule has 5 atom stereocenters. The SMILES string of the molecule is C=CCOC(=O)O[C@H](C)[C@H]1C(=O)N2C(C(=O)O)=C3[C@@H](CCC[C@H]3OC(N)=O)[C@H]12. The summed E-state index contributed by atoms with van der Waals surface area (Å²) >= 11 is 0. The second-order valence-electron chi connectivity index (χ2n) is 6.97. The van der Waals surface area contributed by atoms with Crippen LogP contribution in [0, 0.1) is 11.8 Å². The highest BCUT2D eigenvalue weighted by Crippen LogP contribution is 2.53.